The molecule has 0 bridgehead atoms. The van der Waals surface area contributed by atoms with Crippen LogP contribution >= 0.6 is 23.4 Å². The zero-order chi connectivity index (χ0) is 20.8. The quantitative estimate of drug-likeness (QED) is 0.320. The van der Waals surface area contributed by atoms with Gasteiger partial charge in [0.2, 0.25) is 5.91 Å². The van der Waals surface area contributed by atoms with Crippen molar-refractivity contribution in [2.24, 2.45) is 0 Å². The van der Waals surface area contributed by atoms with Crippen molar-refractivity contribution in [2.45, 2.75) is 18.6 Å². The molecule has 2 aromatic carbocycles. The SMILES string of the molecule is C=CCn1c(SCC(=O)Nc2ccccc2C(C)=O)nnc1-c1ccc(Cl)cc1. The first-order valence-electron chi connectivity index (χ1n) is 8.82. The average molecular weight is 427 g/mol. The van der Waals surface area contributed by atoms with Crippen molar-refractivity contribution in [2.75, 3.05) is 11.1 Å². The van der Waals surface area contributed by atoms with Crippen LogP contribution in [0.5, 0.6) is 0 Å². The summed E-state index contributed by atoms with van der Waals surface area (Å²) in [6, 6.07) is 14.2. The lowest BCUT2D eigenvalue weighted by Gasteiger charge is -2.10. The first-order valence-corrected chi connectivity index (χ1v) is 10.2. The number of para-hydroxylation sites is 1. The molecule has 0 fully saturated rings. The summed E-state index contributed by atoms with van der Waals surface area (Å²) in [6.07, 6.45) is 1.75. The largest absolute Gasteiger partial charge is 0.325 e. The third kappa shape index (κ3) is 5.13. The van der Waals surface area contributed by atoms with Crippen molar-refractivity contribution in [1.29, 1.82) is 0 Å². The molecule has 1 N–H and O–H groups in total. The van der Waals surface area contributed by atoms with E-state index in [4.69, 9.17) is 11.6 Å². The standard InChI is InChI=1S/C21H19ClN4O2S/c1-3-12-26-20(15-8-10-16(22)11-9-15)24-25-21(26)29-13-19(28)23-18-7-5-4-6-17(18)14(2)27/h3-11H,1,12-13H2,2H3,(H,23,28). The number of hydrogen-bond donors (Lipinski definition) is 1. The number of nitrogens with one attached hydrogen (secondary N) is 1. The fraction of sp³-hybridized carbons (Fsp3) is 0.143. The minimum atomic E-state index is -0.232. The van der Waals surface area contributed by atoms with E-state index in [0.29, 0.717) is 33.8 Å². The normalized spacial score (nSPS) is 10.6. The maximum absolute atomic E-state index is 12.4. The lowest BCUT2D eigenvalue weighted by molar-refractivity contribution is -0.113. The number of thioether (sulfide) groups is 1. The molecule has 6 nitrogen and oxygen atoms in total. The number of halogens is 1. The van der Waals surface area contributed by atoms with Crippen LogP contribution in [0.15, 0.2) is 66.3 Å². The monoisotopic (exact) mass is 426 g/mol. The Hall–Kier alpha value is -2.90. The molecule has 0 saturated heterocycles. The summed E-state index contributed by atoms with van der Waals surface area (Å²) in [5, 5.41) is 12.5. The predicted octanol–water partition coefficient (Wildman–Crippen LogP) is 4.72. The van der Waals surface area contributed by atoms with Gasteiger partial charge in [-0.3, -0.25) is 14.2 Å². The van der Waals surface area contributed by atoms with E-state index in [2.05, 4.69) is 22.1 Å². The number of carbonyl (C=O) groups excluding carboxylic acids is 2. The van der Waals surface area contributed by atoms with Crippen molar-refractivity contribution < 1.29 is 9.59 Å². The van der Waals surface area contributed by atoms with E-state index in [0.717, 1.165) is 5.56 Å². The molecule has 3 aromatic rings. The van der Waals surface area contributed by atoms with Crippen LogP contribution in [-0.4, -0.2) is 32.2 Å². The van der Waals surface area contributed by atoms with Crippen LogP contribution < -0.4 is 5.32 Å². The Labute approximate surface area is 178 Å². The van der Waals surface area contributed by atoms with E-state index in [1.54, 1.807) is 42.5 Å². The molecule has 0 aliphatic carbocycles. The first kappa shape index (κ1) is 20.8. The molecule has 0 aliphatic rings. The first-order chi connectivity index (χ1) is 14.0. The Balaban J connectivity index is 1.74. The van der Waals surface area contributed by atoms with Crippen molar-refractivity contribution in [1.82, 2.24) is 14.8 Å². The van der Waals surface area contributed by atoms with Gasteiger partial charge < -0.3 is 5.32 Å². The number of ketones is 1. The maximum atomic E-state index is 12.4. The number of aromatic nitrogens is 3. The molecule has 0 radical (unpaired) electrons. The molecule has 0 atom stereocenters. The van der Waals surface area contributed by atoms with Gasteiger partial charge in [-0.05, 0) is 43.3 Å². The fourth-order valence-corrected chi connectivity index (χ4v) is 3.59. The van der Waals surface area contributed by atoms with Crippen molar-refractivity contribution in [3.05, 3.63) is 71.8 Å². The van der Waals surface area contributed by atoms with Gasteiger partial charge in [0.1, 0.15) is 0 Å². The van der Waals surface area contributed by atoms with Crippen LogP contribution in [-0.2, 0) is 11.3 Å². The molecule has 29 heavy (non-hydrogen) atoms. The average Bonchev–Trinajstić information content (AvgIpc) is 3.10. The second-order valence-corrected chi connectivity index (χ2v) is 7.53. The summed E-state index contributed by atoms with van der Waals surface area (Å²) in [5.41, 5.74) is 1.85. The number of hydrogen-bond acceptors (Lipinski definition) is 5. The highest BCUT2D eigenvalue weighted by atomic mass is 35.5. The summed E-state index contributed by atoms with van der Waals surface area (Å²) in [4.78, 5) is 24.1. The van der Waals surface area contributed by atoms with Gasteiger partial charge in [0.15, 0.2) is 16.8 Å². The van der Waals surface area contributed by atoms with E-state index in [1.807, 2.05) is 16.7 Å². The van der Waals surface area contributed by atoms with E-state index >= 15 is 0 Å². The number of carbonyl (C=O) groups is 2. The Kier molecular flexibility index (Phi) is 6.85. The van der Waals surface area contributed by atoms with Crippen LogP contribution in [0.2, 0.25) is 5.02 Å². The zero-order valence-corrected chi connectivity index (χ0v) is 17.3. The van der Waals surface area contributed by atoms with Crippen LogP contribution in [0, 0.1) is 0 Å². The minimum Gasteiger partial charge on any atom is -0.325 e. The van der Waals surface area contributed by atoms with E-state index in [9.17, 15) is 9.59 Å². The molecule has 1 aromatic heterocycles. The van der Waals surface area contributed by atoms with Crippen LogP contribution in [0.3, 0.4) is 0 Å². The summed E-state index contributed by atoms with van der Waals surface area (Å²) in [7, 11) is 0. The lowest BCUT2D eigenvalue weighted by Crippen LogP contribution is -2.16. The predicted molar refractivity (Wildman–Crippen MR) is 116 cm³/mol. The van der Waals surface area contributed by atoms with Crippen molar-refractivity contribution >= 4 is 40.7 Å². The van der Waals surface area contributed by atoms with E-state index in [1.165, 1.54) is 18.7 Å². The van der Waals surface area contributed by atoms with Crippen LogP contribution in [0.25, 0.3) is 11.4 Å². The van der Waals surface area contributed by atoms with Crippen LogP contribution in [0.4, 0.5) is 5.69 Å². The van der Waals surface area contributed by atoms with Gasteiger partial charge in [-0.15, -0.1) is 16.8 Å². The number of Topliss-reactive ketones (excluding diaryl/α,β-unsaturated/α-hetero) is 1. The number of amides is 1. The molecule has 8 heteroatoms. The van der Waals surface area contributed by atoms with Gasteiger partial charge in [-0.1, -0.05) is 41.6 Å². The number of anilines is 1. The van der Waals surface area contributed by atoms with Gasteiger partial charge in [-0.25, -0.2) is 0 Å². The van der Waals surface area contributed by atoms with Gasteiger partial charge in [0.25, 0.3) is 0 Å². The second kappa shape index (κ2) is 9.54. The van der Waals surface area contributed by atoms with E-state index in [-0.39, 0.29) is 17.4 Å². The van der Waals surface area contributed by atoms with Crippen molar-refractivity contribution in [3.8, 4) is 11.4 Å². The Morgan fingerprint density at radius 2 is 1.90 bits per heavy atom. The summed E-state index contributed by atoms with van der Waals surface area (Å²) in [5.74, 6) is 0.463. The molecular formula is C21H19ClN4O2S. The third-order valence-electron chi connectivity index (χ3n) is 4.04. The summed E-state index contributed by atoms with van der Waals surface area (Å²) < 4.78 is 1.89. The molecule has 1 amide bonds. The number of allylic oxidation sites excluding steroid dienone is 1. The molecule has 0 saturated carbocycles. The number of benzene rings is 2. The molecule has 0 aliphatic heterocycles. The summed E-state index contributed by atoms with van der Waals surface area (Å²) >= 11 is 7.22. The van der Waals surface area contributed by atoms with Gasteiger partial charge in [0, 0.05) is 22.7 Å². The Bertz CT molecular complexity index is 1050. The Morgan fingerprint density at radius 3 is 2.59 bits per heavy atom. The highest BCUT2D eigenvalue weighted by molar-refractivity contribution is 7.99. The molecule has 3 rings (SSSR count). The highest BCUT2D eigenvalue weighted by Crippen LogP contribution is 2.25. The Morgan fingerprint density at radius 1 is 1.17 bits per heavy atom. The summed E-state index contributed by atoms with van der Waals surface area (Å²) in [6.45, 7) is 5.75. The molecule has 0 unspecified atom stereocenters. The van der Waals surface area contributed by atoms with Gasteiger partial charge >= 0.3 is 0 Å². The maximum Gasteiger partial charge on any atom is 0.234 e. The van der Waals surface area contributed by atoms with Gasteiger partial charge in [0.05, 0.1) is 11.4 Å². The highest BCUT2D eigenvalue weighted by Gasteiger charge is 2.16. The molecular weight excluding hydrogens is 408 g/mol. The van der Waals surface area contributed by atoms with E-state index < -0.39 is 0 Å². The third-order valence-corrected chi connectivity index (χ3v) is 5.26. The fourth-order valence-electron chi connectivity index (χ4n) is 2.72. The zero-order valence-electron chi connectivity index (χ0n) is 15.8. The molecule has 0 spiro atoms. The lowest BCUT2D eigenvalue weighted by atomic mass is 10.1. The smallest absolute Gasteiger partial charge is 0.234 e. The van der Waals surface area contributed by atoms with Crippen molar-refractivity contribution in [3.63, 3.8) is 0 Å². The number of nitrogens with zero attached hydrogens (tertiary/aromatic N) is 3. The van der Waals surface area contributed by atoms with Gasteiger partial charge in [-0.2, -0.15) is 0 Å². The molecule has 1 heterocycles. The number of rotatable bonds is 8. The van der Waals surface area contributed by atoms with Crippen LogP contribution in [0.1, 0.15) is 17.3 Å². The molecule has 148 valence electrons. The minimum absolute atomic E-state index is 0.105. The second-order valence-electron chi connectivity index (χ2n) is 6.15. The topological polar surface area (TPSA) is 76.9 Å².